The van der Waals surface area contributed by atoms with Crippen LogP contribution < -0.4 is 5.32 Å². The van der Waals surface area contributed by atoms with Crippen molar-refractivity contribution in [2.45, 2.75) is 182 Å². The number of allylic oxidation sites excluding steroid dienone is 3. The highest BCUT2D eigenvalue weighted by molar-refractivity contribution is 6.74. The summed E-state index contributed by atoms with van der Waals surface area (Å²) in [5.41, 5.74) is -0.573. The number of hydrogen-bond acceptors (Lipinski definition) is 5. The van der Waals surface area contributed by atoms with Crippen LogP contribution >= 0.6 is 0 Å². The average Bonchev–Trinajstić information content (AvgIpc) is 3.50. The first-order chi connectivity index (χ1) is 23.6. The van der Waals surface area contributed by atoms with Gasteiger partial charge in [-0.05, 0) is 79.7 Å². The topological polar surface area (TPSA) is 108 Å². The summed E-state index contributed by atoms with van der Waals surface area (Å²) in [6.45, 7) is 38.7. The second-order valence-corrected chi connectivity index (χ2v) is 28.9. The summed E-state index contributed by atoms with van der Waals surface area (Å²) < 4.78 is 14.3. The molecule has 0 aromatic heterocycles. The van der Waals surface area contributed by atoms with Crippen LogP contribution in [0.5, 0.6) is 0 Å². The second kappa shape index (κ2) is 19.9. The van der Waals surface area contributed by atoms with Gasteiger partial charge in [0.2, 0.25) is 0 Å². The van der Waals surface area contributed by atoms with Crippen molar-refractivity contribution >= 4 is 22.7 Å². The van der Waals surface area contributed by atoms with Gasteiger partial charge in [-0.15, -0.1) is 0 Å². The van der Waals surface area contributed by atoms with Crippen LogP contribution in [0.15, 0.2) is 48.6 Å². The van der Waals surface area contributed by atoms with Gasteiger partial charge in [-0.1, -0.05) is 150 Å². The summed E-state index contributed by atoms with van der Waals surface area (Å²) >= 11 is 0. The van der Waals surface area contributed by atoms with Crippen molar-refractivity contribution in [2.75, 3.05) is 0 Å². The standard InChI is InChI=1S/C43H81NO6Si2/c1-18-19-22-34(6)43(48,44-40(46)47)35(7)39(50-52(16,17)42(11,12)13)33(5)28-30(2)27-32(4)38(49-51(14,15)41(8,9)10)31(3)25-26-37(45)29-36-23-20-21-24-36/h18-19,22,25-27,31-39,44-45,48H,1,20-21,23-24,28-29H2,2-17H3,(H,46,47)/t31-,32-,33-,34-,35+,37+,38-,39+,43-/m0/s1. The maximum Gasteiger partial charge on any atom is 0.406 e. The van der Waals surface area contributed by atoms with Crippen LogP contribution in [0.3, 0.4) is 0 Å². The zero-order valence-corrected chi connectivity index (χ0v) is 38.2. The Labute approximate surface area is 322 Å². The van der Waals surface area contributed by atoms with Crippen LogP contribution in [-0.2, 0) is 8.85 Å². The van der Waals surface area contributed by atoms with Gasteiger partial charge < -0.3 is 24.2 Å². The molecule has 9 heteroatoms. The van der Waals surface area contributed by atoms with Gasteiger partial charge >= 0.3 is 6.09 Å². The van der Waals surface area contributed by atoms with Gasteiger partial charge in [0, 0.05) is 11.8 Å². The molecule has 52 heavy (non-hydrogen) atoms. The molecule has 0 aliphatic heterocycles. The lowest BCUT2D eigenvalue weighted by atomic mass is 9.77. The molecule has 0 bridgehead atoms. The molecule has 1 aliphatic carbocycles. The maximum absolute atomic E-state index is 12.1. The highest BCUT2D eigenvalue weighted by Gasteiger charge is 2.49. The third-order valence-corrected chi connectivity index (χ3v) is 21.6. The average molecular weight is 764 g/mol. The number of aliphatic hydroxyl groups is 2. The molecule has 1 aliphatic rings. The number of hydrogen-bond donors (Lipinski definition) is 4. The fraction of sp³-hybridized carbons (Fsp3) is 0.791. The van der Waals surface area contributed by atoms with Gasteiger partial charge in [-0.2, -0.15) is 0 Å². The molecule has 0 radical (unpaired) electrons. The summed E-state index contributed by atoms with van der Waals surface area (Å²) in [6, 6.07) is 0. The Morgan fingerprint density at radius 1 is 0.865 bits per heavy atom. The molecule has 0 aromatic carbocycles. The van der Waals surface area contributed by atoms with E-state index < -0.39 is 52.5 Å². The minimum atomic E-state index is -2.35. The third-order valence-electron chi connectivity index (χ3n) is 12.7. The van der Waals surface area contributed by atoms with Crippen LogP contribution in [0.1, 0.15) is 122 Å². The smallest absolute Gasteiger partial charge is 0.406 e. The molecule has 7 nitrogen and oxygen atoms in total. The van der Waals surface area contributed by atoms with Crippen molar-refractivity contribution < 1.29 is 29.0 Å². The van der Waals surface area contributed by atoms with Crippen LogP contribution in [0, 0.1) is 35.5 Å². The Hall–Kier alpha value is -1.50. The van der Waals surface area contributed by atoms with E-state index in [4.69, 9.17) is 8.85 Å². The summed E-state index contributed by atoms with van der Waals surface area (Å²) in [4.78, 5) is 12.1. The Bertz CT molecular complexity index is 1210. The Morgan fingerprint density at radius 3 is 1.83 bits per heavy atom. The first-order valence-electron chi connectivity index (χ1n) is 20.0. The number of amides is 1. The largest absolute Gasteiger partial charge is 0.465 e. The van der Waals surface area contributed by atoms with E-state index in [2.05, 4.69) is 119 Å². The van der Waals surface area contributed by atoms with E-state index in [9.17, 15) is 20.1 Å². The van der Waals surface area contributed by atoms with E-state index in [0.29, 0.717) is 12.3 Å². The van der Waals surface area contributed by atoms with Gasteiger partial charge in [0.25, 0.3) is 0 Å². The number of carbonyl (C=O) groups is 1. The third kappa shape index (κ3) is 14.3. The van der Waals surface area contributed by atoms with Crippen molar-refractivity contribution in [1.82, 2.24) is 5.32 Å². The molecule has 1 amide bonds. The molecule has 1 fully saturated rings. The van der Waals surface area contributed by atoms with Crippen molar-refractivity contribution in [3.63, 3.8) is 0 Å². The van der Waals surface area contributed by atoms with E-state index in [1.807, 2.05) is 19.9 Å². The quantitative estimate of drug-likeness (QED) is 0.0426. The molecule has 1 saturated carbocycles. The first kappa shape index (κ1) is 48.5. The molecule has 0 heterocycles. The molecule has 0 aromatic rings. The molecule has 4 N–H and O–H groups in total. The van der Waals surface area contributed by atoms with Gasteiger partial charge in [0.05, 0.1) is 18.3 Å². The molecule has 0 spiro atoms. The first-order valence-corrected chi connectivity index (χ1v) is 25.8. The van der Waals surface area contributed by atoms with Crippen molar-refractivity contribution in [1.29, 1.82) is 0 Å². The van der Waals surface area contributed by atoms with Crippen LogP contribution in [0.25, 0.3) is 0 Å². The summed E-state index contributed by atoms with van der Waals surface area (Å²) in [6.07, 6.45) is 16.0. The minimum Gasteiger partial charge on any atom is -0.465 e. The van der Waals surface area contributed by atoms with Crippen LogP contribution in [0.4, 0.5) is 4.79 Å². The predicted octanol–water partition coefficient (Wildman–Crippen LogP) is 11.5. The van der Waals surface area contributed by atoms with Crippen molar-refractivity contribution in [3.8, 4) is 0 Å². The van der Waals surface area contributed by atoms with Crippen LogP contribution in [0.2, 0.25) is 36.3 Å². The van der Waals surface area contributed by atoms with E-state index in [1.165, 1.54) is 31.3 Å². The van der Waals surface area contributed by atoms with Crippen molar-refractivity contribution in [2.24, 2.45) is 35.5 Å². The monoisotopic (exact) mass is 764 g/mol. The summed E-state index contributed by atoms with van der Waals surface area (Å²) in [7, 11) is -4.48. The van der Waals surface area contributed by atoms with E-state index in [1.54, 1.807) is 18.2 Å². The highest BCUT2D eigenvalue weighted by Crippen LogP contribution is 2.43. The van der Waals surface area contributed by atoms with E-state index in [-0.39, 0.29) is 33.9 Å². The van der Waals surface area contributed by atoms with Gasteiger partial charge in [-0.25, -0.2) is 4.79 Å². The second-order valence-electron chi connectivity index (χ2n) is 19.4. The SMILES string of the molecule is C=CC=C[C@H](C)[C@@](O)(NC(=O)O)[C@H](C)[C@H](O[Si](C)(C)C(C)(C)C)[C@@H](C)CC(C)=C[C@H](C)[C@@H](O[Si](C)(C)C(C)(C)C)[C@@H](C)C=C[C@@H](O)CC1CCCC1. The molecular formula is C43H81NO6Si2. The van der Waals surface area contributed by atoms with Gasteiger partial charge in [-0.3, -0.25) is 5.32 Å². The molecule has 302 valence electrons. The lowest BCUT2D eigenvalue weighted by Crippen LogP contribution is -2.62. The fourth-order valence-electron chi connectivity index (χ4n) is 7.21. The molecule has 0 unspecified atom stereocenters. The number of nitrogens with one attached hydrogen (secondary N) is 1. The highest BCUT2D eigenvalue weighted by atomic mass is 28.4. The van der Waals surface area contributed by atoms with Gasteiger partial charge in [0.1, 0.15) is 0 Å². The van der Waals surface area contributed by atoms with E-state index >= 15 is 0 Å². The molecule has 0 saturated heterocycles. The zero-order valence-electron chi connectivity index (χ0n) is 36.2. The molecule has 9 atom stereocenters. The Morgan fingerprint density at radius 2 is 1.37 bits per heavy atom. The fourth-order valence-corrected chi connectivity index (χ4v) is 10.1. The van der Waals surface area contributed by atoms with E-state index in [0.717, 1.165) is 6.42 Å². The summed E-state index contributed by atoms with van der Waals surface area (Å²) in [5, 5.41) is 35.3. The Balaban J connectivity index is 3.54. The summed E-state index contributed by atoms with van der Waals surface area (Å²) in [5.74, 6) is -0.326. The number of carboxylic acid groups (broad SMARTS) is 1. The number of rotatable bonds is 20. The predicted molar refractivity (Wildman–Crippen MR) is 226 cm³/mol. The lowest BCUT2D eigenvalue weighted by Gasteiger charge is -2.48. The van der Waals surface area contributed by atoms with Gasteiger partial charge in [0.15, 0.2) is 22.4 Å². The number of aliphatic hydroxyl groups excluding tert-OH is 1. The molecule has 1 rings (SSSR count). The maximum atomic E-state index is 12.1. The normalized spacial score (nSPS) is 21.7. The Kier molecular flexibility index (Phi) is 18.6. The zero-order chi connectivity index (χ0) is 40.5. The molecular weight excluding hydrogens is 683 g/mol. The minimum absolute atomic E-state index is 0.0342. The van der Waals surface area contributed by atoms with Crippen molar-refractivity contribution in [3.05, 3.63) is 48.6 Å². The van der Waals surface area contributed by atoms with Crippen LogP contribution in [-0.4, -0.2) is 62.1 Å². The lowest BCUT2D eigenvalue weighted by molar-refractivity contribution is -0.112.